The second kappa shape index (κ2) is 14.4. The van der Waals surface area contributed by atoms with Crippen LogP contribution >= 0.6 is 0 Å². The van der Waals surface area contributed by atoms with E-state index < -0.39 is 11.8 Å². The summed E-state index contributed by atoms with van der Waals surface area (Å²) in [4.78, 5) is 9.32. The van der Waals surface area contributed by atoms with Gasteiger partial charge in [-0.15, -0.1) is 71.8 Å². The first-order chi connectivity index (χ1) is 22.2. The van der Waals surface area contributed by atoms with Gasteiger partial charge in [0.15, 0.2) is 0 Å². The van der Waals surface area contributed by atoms with Gasteiger partial charge in [-0.05, 0) is 58.4 Å². The van der Waals surface area contributed by atoms with Crippen LogP contribution in [-0.4, -0.2) is 14.5 Å². The molecule has 0 aliphatic heterocycles. The Morgan fingerprint density at radius 2 is 1.29 bits per heavy atom. The minimum absolute atomic E-state index is 0. The average molecular weight is 764 g/mol. The van der Waals surface area contributed by atoms with Gasteiger partial charge in [0.1, 0.15) is 0 Å². The van der Waals surface area contributed by atoms with E-state index in [2.05, 4.69) is 39.9 Å². The fourth-order valence-corrected chi connectivity index (χ4v) is 5.03. The molecule has 0 spiro atoms. The van der Waals surface area contributed by atoms with Crippen molar-refractivity contribution in [3.8, 4) is 39.5 Å². The van der Waals surface area contributed by atoms with Gasteiger partial charge in [-0.3, -0.25) is 4.98 Å². The van der Waals surface area contributed by atoms with E-state index in [1.54, 1.807) is 0 Å². The van der Waals surface area contributed by atoms with Crippen molar-refractivity contribution in [2.24, 2.45) is 5.41 Å². The van der Waals surface area contributed by atoms with Crippen molar-refractivity contribution in [1.82, 2.24) is 14.5 Å². The van der Waals surface area contributed by atoms with Gasteiger partial charge >= 0.3 is 0 Å². The molecule has 3 nitrogen and oxygen atoms in total. The van der Waals surface area contributed by atoms with Crippen LogP contribution in [0, 0.1) is 17.5 Å². The molecule has 0 N–H and O–H groups in total. The van der Waals surface area contributed by atoms with Crippen LogP contribution in [0.2, 0.25) is 0 Å². The molecule has 225 valence electrons. The zero-order valence-corrected chi connectivity index (χ0v) is 27.9. The molecule has 0 amide bonds. The Labute approximate surface area is 282 Å². The van der Waals surface area contributed by atoms with Crippen LogP contribution < -0.4 is 0 Å². The second-order valence-electron chi connectivity index (χ2n) is 11.5. The van der Waals surface area contributed by atoms with Crippen LogP contribution in [0.1, 0.15) is 29.1 Å². The van der Waals surface area contributed by atoms with Crippen LogP contribution in [0.25, 0.3) is 50.5 Å². The number of imidazole rings is 1. The van der Waals surface area contributed by atoms with Gasteiger partial charge in [0, 0.05) is 34.7 Å². The average Bonchev–Trinajstić information content (AvgIpc) is 3.49. The van der Waals surface area contributed by atoms with Crippen LogP contribution in [0.4, 0.5) is 0 Å². The number of aromatic nitrogens is 3. The maximum Gasteiger partial charge on any atom is 0.0774 e. The summed E-state index contributed by atoms with van der Waals surface area (Å²) in [5.74, 6) is 0.919. The third-order valence-corrected chi connectivity index (χ3v) is 7.01. The van der Waals surface area contributed by atoms with Gasteiger partial charge < -0.3 is 9.55 Å². The molecule has 5 aromatic carbocycles. The number of pyridine rings is 1. The summed E-state index contributed by atoms with van der Waals surface area (Å²) in [6.45, 7) is 5.76. The number of hydrogen-bond acceptors (Lipinski definition) is 2. The summed E-state index contributed by atoms with van der Waals surface area (Å²) in [5, 5.41) is 0. The topological polar surface area (TPSA) is 30.7 Å². The van der Waals surface area contributed by atoms with Crippen molar-refractivity contribution in [3.63, 3.8) is 0 Å². The summed E-state index contributed by atoms with van der Waals surface area (Å²) in [6, 6.07) is 52.4. The number of hydrogen-bond donors (Lipinski definition) is 0. The summed E-state index contributed by atoms with van der Waals surface area (Å²) in [5.41, 5.74) is 8.37. The Kier molecular flexibility index (Phi) is 9.33. The molecule has 0 aliphatic carbocycles. The Morgan fingerprint density at radius 1 is 0.667 bits per heavy atom. The maximum atomic E-state index is 8.37. The molecule has 45 heavy (non-hydrogen) atoms. The van der Waals surface area contributed by atoms with Gasteiger partial charge in [-0.25, -0.2) is 0 Å². The molecule has 0 saturated heterocycles. The Morgan fingerprint density at radius 3 is 1.91 bits per heavy atom. The smallest absolute Gasteiger partial charge is 0.0774 e. The minimum Gasteiger partial charge on any atom is -0.333 e. The predicted molar refractivity (Wildman–Crippen MR) is 182 cm³/mol. The summed E-state index contributed by atoms with van der Waals surface area (Å²) >= 11 is 0. The Balaban J connectivity index is 0.000000183. The van der Waals surface area contributed by atoms with Gasteiger partial charge in [-0.1, -0.05) is 87.5 Å². The van der Waals surface area contributed by atoms with E-state index >= 15 is 0 Å². The molecule has 7 rings (SSSR count). The van der Waals surface area contributed by atoms with Crippen LogP contribution in [0.15, 0.2) is 146 Å². The van der Waals surface area contributed by atoms with Crippen molar-refractivity contribution in [2.45, 2.75) is 27.1 Å². The number of fused-ring (bicyclic) bond motifs is 1. The normalized spacial score (nSPS) is 11.9. The van der Waals surface area contributed by atoms with Crippen molar-refractivity contribution >= 4 is 11.0 Å². The molecule has 0 unspecified atom stereocenters. The molecule has 7 aromatic rings. The first-order valence-corrected chi connectivity index (χ1v) is 14.8. The third kappa shape index (κ3) is 7.91. The van der Waals surface area contributed by atoms with Gasteiger partial charge in [0.2, 0.25) is 0 Å². The summed E-state index contributed by atoms with van der Waals surface area (Å²) < 4.78 is 18.9. The molecule has 4 heteroatoms. The molecule has 0 bridgehead atoms. The van der Waals surface area contributed by atoms with E-state index in [-0.39, 0.29) is 20.1 Å². The minimum atomic E-state index is -1.38. The number of benzene rings is 5. The van der Waals surface area contributed by atoms with Gasteiger partial charge in [0.25, 0.3) is 0 Å². The monoisotopic (exact) mass is 764 g/mol. The van der Waals surface area contributed by atoms with E-state index in [1.807, 2.05) is 148 Å². The van der Waals surface area contributed by atoms with Crippen molar-refractivity contribution in [3.05, 3.63) is 163 Å². The first-order valence-electron chi connectivity index (χ1n) is 15.8. The quantitative estimate of drug-likeness (QED) is 0.164. The first kappa shape index (κ1) is 29.1. The summed E-state index contributed by atoms with van der Waals surface area (Å²) in [6.07, 6.45) is 0.473. The molecule has 0 saturated carbocycles. The summed E-state index contributed by atoms with van der Waals surface area (Å²) in [7, 11) is 0. The van der Waals surface area contributed by atoms with Crippen LogP contribution in [0.5, 0.6) is 0 Å². The number of para-hydroxylation sites is 3. The number of nitrogens with zero attached hydrogens (tertiary/aromatic N) is 3. The second-order valence-corrected chi connectivity index (χ2v) is 11.5. The standard InChI is InChI=1S/C22H22N.C19H13N2.Ir/c1-22(2,3)15-17-9-11-18(12-10-17)20-13-14-21(23-16-20)19-7-5-4-6-8-19;1-3-9-15(10-4-1)19-20-17-13-7-8-14-18(17)21(19)16-11-5-2-6-12-16;/h4-7,9-14,16H,15H2,1-3H3;1-9,11-14H;/q2*-1;/i15D2;;. The molecule has 1 radical (unpaired) electrons. The Bertz CT molecular complexity index is 2020. The van der Waals surface area contributed by atoms with E-state index in [9.17, 15) is 0 Å². The van der Waals surface area contributed by atoms with E-state index in [0.717, 1.165) is 50.5 Å². The zero-order valence-electron chi connectivity index (χ0n) is 27.5. The van der Waals surface area contributed by atoms with Crippen molar-refractivity contribution in [2.75, 3.05) is 0 Å². The molecule has 0 aliphatic rings. The van der Waals surface area contributed by atoms with E-state index in [4.69, 9.17) is 7.73 Å². The van der Waals surface area contributed by atoms with Crippen LogP contribution in [0.3, 0.4) is 0 Å². The van der Waals surface area contributed by atoms with Crippen molar-refractivity contribution in [1.29, 1.82) is 0 Å². The van der Waals surface area contributed by atoms with Gasteiger partial charge in [0.05, 0.1) is 16.9 Å². The molecular formula is C41H35IrN3-2. The molecule has 2 heterocycles. The van der Waals surface area contributed by atoms with Crippen molar-refractivity contribution < 1.29 is 22.8 Å². The largest absolute Gasteiger partial charge is 0.333 e. The molecule has 2 aromatic heterocycles. The fourth-order valence-electron chi connectivity index (χ4n) is 5.03. The van der Waals surface area contributed by atoms with Crippen LogP contribution in [-0.2, 0) is 26.5 Å². The predicted octanol–water partition coefficient (Wildman–Crippen LogP) is 10.3. The molecular weight excluding hydrogens is 727 g/mol. The fraction of sp³-hybridized carbons (Fsp3) is 0.122. The number of rotatable bonds is 5. The maximum absolute atomic E-state index is 8.37. The zero-order chi connectivity index (χ0) is 32.1. The molecule has 0 fully saturated rings. The van der Waals surface area contributed by atoms with E-state index in [0.29, 0.717) is 5.56 Å². The third-order valence-electron chi connectivity index (χ3n) is 7.01. The molecule has 0 atom stereocenters. The Hall–Kier alpha value is -4.63. The SMILES string of the molecule is [2H]C([2H])(c1ccc(-c2ccc(-c3[c-]cccc3)nc2)cc1)C(C)(C)C.[Ir].[c-]1ccccc1-c1nc2ccccc2n1-c1ccccc1. The van der Waals surface area contributed by atoms with Gasteiger partial charge in [-0.2, -0.15) is 0 Å². The van der Waals surface area contributed by atoms with E-state index in [1.165, 1.54) is 0 Å².